The molecule has 0 radical (unpaired) electrons. The van der Waals surface area contributed by atoms with Crippen molar-refractivity contribution in [3.63, 3.8) is 0 Å². The van der Waals surface area contributed by atoms with Gasteiger partial charge in [0.15, 0.2) is 0 Å². The third-order valence-electron chi connectivity index (χ3n) is 14.6. The summed E-state index contributed by atoms with van der Waals surface area (Å²) in [5, 5.41) is 2.54. The van der Waals surface area contributed by atoms with E-state index in [1.807, 2.05) is 48.5 Å². The van der Waals surface area contributed by atoms with Gasteiger partial charge in [0, 0.05) is 96.9 Å². The van der Waals surface area contributed by atoms with Gasteiger partial charge in [0.2, 0.25) is 76.8 Å². The number of hydrogen-bond acceptors (Lipinski definition) is 17. The molecule has 0 fully saturated rings. The molecule has 0 aromatic heterocycles. The van der Waals surface area contributed by atoms with Crippen molar-refractivity contribution in [3.05, 3.63) is 59.7 Å². The third-order valence-corrected chi connectivity index (χ3v) is 14.6. The number of ether oxygens (including phenoxy) is 2. The fourth-order valence-electron chi connectivity index (χ4n) is 8.71. The first-order valence-electron chi connectivity index (χ1n) is 28.8. The molecule has 1 aliphatic rings. The largest absolute Gasteiger partial charge is 0.458 e. The second kappa shape index (κ2) is 34.3. The van der Waals surface area contributed by atoms with Crippen LogP contribution in [0, 0.1) is 0 Å². The van der Waals surface area contributed by atoms with Crippen LogP contribution in [0.1, 0.15) is 50.7 Å². The maximum Gasteiger partial charge on any atom is 0.407 e. The van der Waals surface area contributed by atoms with Gasteiger partial charge in [-0.25, -0.2) is 9.59 Å². The molecule has 0 aliphatic heterocycles. The Kier molecular flexibility index (Phi) is 28.5. The summed E-state index contributed by atoms with van der Waals surface area (Å²) in [5.74, 6) is -9.43. The molecule has 500 valence electrons. The first kappa shape index (κ1) is 75.5. The van der Waals surface area contributed by atoms with Crippen molar-refractivity contribution in [1.82, 2.24) is 64.1 Å². The lowest BCUT2D eigenvalue weighted by atomic mass is 9.98. The van der Waals surface area contributed by atoms with Crippen LogP contribution in [0.5, 0.6) is 0 Å². The second-order valence-electron chi connectivity index (χ2n) is 23.6. The Balaban J connectivity index is 1.40. The van der Waals surface area contributed by atoms with Crippen LogP contribution in [-0.2, 0) is 76.6 Å². The molecule has 14 amide bonds. The summed E-state index contributed by atoms with van der Waals surface area (Å²) in [6.07, 6.45) is -1.38. The van der Waals surface area contributed by atoms with Crippen LogP contribution in [0.3, 0.4) is 0 Å². The Hall–Kier alpha value is -9.71. The number of fused-ring (bicyclic) bond motifs is 3. The van der Waals surface area contributed by atoms with Crippen molar-refractivity contribution in [1.29, 1.82) is 0 Å². The van der Waals surface area contributed by atoms with E-state index in [4.69, 9.17) is 15.2 Å². The summed E-state index contributed by atoms with van der Waals surface area (Å²) in [7, 11) is 15.8. The first-order valence-corrected chi connectivity index (χ1v) is 28.8. The van der Waals surface area contributed by atoms with Gasteiger partial charge in [0.05, 0.1) is 78.5 Å². The molecule has 0 unspecified atom stereocenters. The van der Waals surface area contributed by atoms with Crippen LogP contribution in [-0.4, -0.2) is 329 Å². The highest BCUT2D eigenvalue weighted by Gasteiger charge is 2.33. The Bertz CT molecular complexity index is 3020. The standard InChI is InChI=1S/C60H88N14O17/c1-60(2,3)91-58(88)44(62-59(89)90-38-43-41-22-18-16-20-39(41)40-21-17-19-23-42(40)43)24-25-46(76)64(5)27-48(78)66(7)29-50(80)68(9)31-52(82)70(11)33-54(84)72(13)35-56(86)74(15)37-57(87)73(14)36-55(85)71(12)34-53(83)69(10)32-51(81)67(8)30-49(79)65(6)28-47(77)63(4)26-45(61)75/h16-23,43-44H,24-38H2,1-15H3,(H2,61,75)(H,62,89)/t44-/m0/s1. The number of nitrogens with one attached hydrogen (secondary N) is 1. The number of rotatable bonds is 31. The lowest BCUT2D eigenvalue weighted by Gasteiger charge is -2.27. The summed E-state index contributed by atoms with van der Waals surface area (Å²) < 4.78 is 11.2. The molecule has 31 nitrogen and oxygen atoms in total. The lowest BCUT2D eigenvalue weighted by molar-refractivity contribution is -0.157. The van der Waals surface area contributed by atoms with E-state index >= 15 is 0 Å². The molecule has 31 heteroatoms. The molecule has 2 aromatic carbocycles. The van der Waals surface area contributed by atoms with Gasteiger partial charge in [-0.3, -0.25) is 62.3 Å². The Morgan fingerprint density at radius 2 is 0.637 bits per heavy atom. The highest BCUT2D eigenvalue weighted by Crippen LogP contribution is 2.44. The Morgan fingerprint density at radius 1 is 0.396 bits per heavy atom. The molecule has 0 bridgehead atoms. The van der Waals surface area contributed by atoms with Gasteiger partial charge < -0.3 is 79.3 Å². The minimum absolute atomic E-state index is 0.0210. The van der Waals surface area contributed by atoms with E-state index in [1.165, 1.54) is 84.6 Å². The van der Waals surface area contributed by atoms with Crippen molar-refractivity contribution >= 4 is 88.9 Å². The molecule has 91 heavy (non-hydrogen) atoms. The molecule has 0 heterocycles. The van der Waals surface area contributed by atoms with Crippen LogP contribution in [0.2, 0.25) is 0 Å². The van der Waals surface area contributed by atoms with Crippen LogP contribution < -0.4 is 11.1 Å². The van der Waals surface area contributed by atoms with Crippen molar-refractivity contribution in [3.8, 4) is 11.1 Å². The number of carbonyl (C=O) groups is 15. The fraction of sp³-hybridized carbons (Fsp3) is 0.550. The van der Waals surface area contributed by atoms with Gasteiger partial charge >= 0.3 is 12.1 Å². The van der Waals surface area contributed by atoms with E-state index in [2.05, 4.69) is 5.32 Å². The zero-order chi connectivity index (χ0) is 68.9. The number of primary amides is 1. The highest BCUT2D eigenvalue weighted by molar-refractivity contribution is 5.95. The lowest BCUT2D eigenvalue weighted by Crippen LogP contribution is -2.49. The molecule has 0 saturated carbocycles. The van der Waals surface area contributed by atoms with Gasteiger partial charge in [-0.2, -0.15) is 0 Å². The third kappa shape index (κ3) is 24.0. The van der Waals surface area contributed by atoms with Gasteiger partial charge in [-0.15, -0.1) is 0 Å². The van der Waals surface area contributed by atoms with Crippen molar-refractivity contribution in [2.45, 2.75) is 51.2 Å². The van der Waals surface area contributed by atoms with E-state index in [1.54, 1.807) is 20.8 Å². The maximum absolute atomic E-state index is 13.3. The molecule has 2 aromatic rings. The van der Waals surface area contributed by atoms with Crippen LogP contribution in [0.15, 0.2) is 48.5 Å². The number of amides is 14. The minimum Gasteiger partial charge on any atom is -0.458 e. The highest BCUT2D eigenvalue weighted by atomic mass is 16.6. The molecule has 0 saturated heterocycles. The molecular weight excluding hydrogens is 1190 g/mol. The fourth-order valence-corrected chi connectivity index (χ4v) is 8.71. The number of nitrogens with zero attached hydrogens (tertiary/aromatic N) is 12. The zero-order valence-corrected chi connectivity index (χ0v) is 54.8. The summed E-state index contributed by atoms with van der Waals surface area (Å²) in [4.78, 5) is 206. The summed E-state index contributed by atoms with van der Waals surface area (Å²) in [6.45, 7) is -0.674. The van der Waals surface area contributed by atoms with E-state index in [0.717, 1.165) is 81.1 Å². The van der Waals surface area contributed by atoms with Crippen LogP contribution in [0.25, 0.3) is 11.1 Å². The van der Waals surface area contributed by atoms with Crippen molar-refractivity contribution in [2.75, 3.05) is 170 Å². The normalized spacial score (nSPS) is 11.6. The minimum atomic E-state index is -1.29. The predicted molar refractivity (Wildman–Crippen MR) is 328 cm³/mol. The van der Waals surface area contributed by atoms with Crippen LogP contribution in [0.4, 0.5) is 4.79 Å². The van der Waals surface area contributed by atoms with E-state index in [-0.39, 0.29) is 38.5 Å². The molecule has 3 rings (SSSR count). The summed E-state index contributed by atoms with van der Waals surface area (Å²) in [6, 6.07) is 14.3. The monoisotopic (exact) mass is 1280 g/mol. The first-order chi connectivity index (χ1) is 42.3. The average Bonchev–Trinajstić information content (AvgIpc) is 1.64. The summed E-state index contributed by atoms with van der Waals surface area (Å²) >= 11 is 0. The molecule has 1 atom stereocenters. The number of hydrogen-bond donors (Lipinski definition) is 2. The average molecular weight is 1280 g/mol. The quantitative estimate of drug-likeness (QED) is 0.0711. The SMILES string of the molecule is CN(CC(N)=O)C(=O)CN(C)C(=O)CN(C)C(=O)CN(C)C(=O)CN(C)C(=O)CN(C)C(=O)CN(C)C(=O)CN(C)C(=O)CN(C)C(=O)CN(C)C(=O)CN(C)C(=O)CN(C)C(=O)CC[C@H](NC(=O)OCC1c2ccccc2-c2ccccc21)C(=O)OC(C)(C)C. The van der Waals surface area contributed by atoms with E-state index < -0.39 is 166 Å². The number of esters is 1. The molecule has 1 aliphatic carbocycles. The zero-order valence-electron chi connectivity index (χ0n) is 54.8. The predicted octanol–water partition coefficient (Wildman–Crippen LogP) is -3.00. The summed E-state index contributed by atoms with van der Waals surface area (Å²) in [5.41, 5.74) is 8.22. The van der Waals surface area contributed by atoms with E-state index in [0.29, 0.717) is 0 Å². The number of likely N-dealkylation sites (N-methyl/N-ethyl adjacent to an activating group) is 12. The Morgan fingerprint density at radius 3 is 0.890 bits per heavy atom. The Labute approximate surface area is 530 Å². The number of alkyl carbamates (subject to hydrolysis) is 1. The molecule has 3 N–H and O–H groups in total. The van der Waals surface area contributed by atoms with Crippen LogP contribution >= 0.6 is 0 Å². The van der Waals surface area contributed by atoms with Gasteiger partial charge in [-0.1, -0.05) is 48.5 Å². The van der Waals surface area contributed by atoms with Gasteiger partial charge in [0.1, 0.15) is 18.2 Å². The number of nitrogens with two attached hydrogens (primary N) is 1. The molecule has 0 spiro atoms. The van der Waals surface area contributed by atoms with Gasteiger partial charge in [-0.05, 0) is 49.4 Å². The van der Waals surface area contributed by atoms with Gasteiger partial charge in [0.25, 0.3) is 0 Å². The molecular formula is C60H88N14O17. The second-order valence-corrected chi connectivity index (χ2v) is 23.6. The smallest absolute Gasteiger partial charge is 0.407 e. The topological polar surface area (TPSA) is 351 Å². The van der Waals surface area contributed by atoms with Crippen molar-refractivity contribution in [2.24, 2.45) is 5.73 Å². The van der Waals surface area contributed by atoms with E-state index in [9.17, 15) is 71.9 Å². The maximum atomic E-state index is 13.3. The number of benzene rings is 2. The number of carbonyl (C=O) groups excluding carboxylic acids is 15. The van der Waals surface area contributed by atoms with Crippen molar-refractivity contribution < 1.29 is 81.4 Å².